The molecule has 0 bridgehead atoms. The molecule has 0 aromatic carbocycles. The Labute approximate surface area is 291 Å². The summed E-state index contributed by atoms with van der Waals surface area (Å²) in [4.78, 5) is 2.54. The average molecular weight is 676 g/mol. The van der Waals surface area contributed by atoms with Crippen molar-refractivity contribution < 1.29 is 33.9 Å². The summed E-state index contributed by atoms with van der Waals surface area (Å²) in [7, 11) is 0. The number of hydrogen-bond acceptors (Lipinski definition) is 8. The monoisotopic (exact) mass is 676 g/mol. The van der Waals surface area contributed by atoms with Crippen molar-refractivity contribution in [2.75, 3.05) is 39.5 Å². The van der Waals surface area contributed by atoms with Crippen molar-refractivity contribution in [2.24, 2.45) is 50.7 Å². The fourth-order valence-electron chi connectivity index (χ4n) is 14.6. The second kappa shape index (κ2) is 12.4. The Balaban J connectivity index is 0.00000364. The van der Waals surface area contributed by atoms with Gasteiger partial charge in [0.15, 0.2) is 6.29 Å². The van der Waals surface area contributed by atoms with Crippen molar-refractivity contribution in [1.82, 2.24) is 4.90 Å². The lowest BCUT2D eigenvalue weighted by Crippen LogP contribution is -2.60. The molecular formula is C40H69NO7. The van der Waals surface area contributed by atoms with E-state index >= 15 is 0 Å². The van der Waals surface area contributed by atoms with Crippen molar-refractivity contribution in [3.05, 3.63) is 0 Å². The zero-order valence-corrected chi connectivity index (χ0v) is 30.4. The fraction of sp³-hybridized carbons (Fsp3) is 1.00. The Morgan fingerprint density at radius 2 is 1.73 bits per heavy atom. The van der Waals surface area contributed by atoms with E-state index in [1.165, 1.54) is 38.5 Å². The summed E-state index contributed by atoms with van der Waals surface area (Å²) in [6.07, 6.45) is 8.74. The molecule has 2 spiro atoms. The van der Waals surface area contributed by atoms with Crippen LogP contribution < -0.4 is 0 Å². The summed E-state index contributed by atoms with van der Waals surface area (Å²) in [6, 6.07) is 0.506. The molecule has 0 aromatic heterocycles. The summed E-state index contributed by atoms with van der Waals surface area (Å²) in [5.41, 5.74) is 0.602. The molecule has 16 atom stereocenters. The molecule has 2 N–H and O–H groups in total. The van der Waals surface area contributed by atoms with Crippen LogP contribution >= 0.6 is 0 Å². The largest absolute Gasteiger partial charge is 0.391 e. The van der Waals surface area contributed by atoms with Crippen LogP contribution in [0.15, 0.2) is 0 Å². The molecule has 8 aliphatic rings. The molecule has 3 aliphatic heterocycles. The third kappa shape index (κ3) is 4.81. The van der Waals surface area contributed by atoms with Crippen molar-refractivity contribution in [3.63, 3.8) is 0 Å². The Kier molecular flexibility index (Phi) is 9.30. The molecule has 276 valence electrons. The van der Waals surface area contributed by atoms with Crippen molar-refractivity contribution in [3.8, 4) is 0 Å². The topological polar surface area (TPSA) is 89.9 Å². The van der Waals surface area contributed by atoms with Gasteiger partial charge in [-0.2, -0.15) is 0 Å². The van der Waals surface area contributed by atoms with Crippen molar-refractivity contribution in [1.29, 1.82) is 0 Å². The molecule has 8 heteroatoms. The third-order valence-corrected chi connectivity index (χ3v) is 16.8. The zero-order valence-electron chi connectivity index (χ0n) is 30.4. The van der Waals surface area contributed by atoms with Crippen LogP contribution in [0.1, 0.15) is 114 Å². The lowest BCUT2D eigenvalue weighted by atomic mass is 9.41. The smallest absolute Gasteiger partial charge is 0.170 e. The fourth-order valence-corrected chi connectivity index (χ4v) is 14.6. The maximum atomic E-state index is 12.5. The van der Waals surface area contributed by atoms with Crippen LogP contribution in [0.3, 0.4) is 0 Å². The maximum Gasteiger partial charge on any atom is 0.170 e. The average Bonchev–Trinajstić information content (AvgIpc) is 3.29. The Morgan fingerprint density at radius 3 is 2.44 bits per heavy atom. The van der Waals surface area contributed by atoms with E-state index in [2.05, 4.69) is 39.5 Å². The van der Waals surface area contributed by atoms with Crippen LogP contribution in [0.2, 0.25) is 0 Å². The summed E-state index contributed by atoms with van der Waals surface area (Å²) in [6.45, 7) is 21.0. The van der Waals surface area contributed by atoms with Crippen LogP contribution in [-0.4, -0.2) is 104 Å². The lowest BCUT2D eigenvalue weighted by Gasteiger charge is -2.64. The summed E-state index contributed by atoms with van der Waals surface area (Å²) in [5, 5.41) is 23.2. The highest BCUT2D eigenvalue weighted by Gasteiger charge is 2.84. The minimum Gasteiger partial charge on any atom is -0.391 e. The Hall–Kier alpha value is -0.320. The molecule has 5 saturated carbocycles. The van der Waals surface area contributed by atoms with Crippen LogP contribution in [0.25, 0.3) is 0 Å². The van der Waals surface area contributed by atoms with Gasteiger partial charge in [0.25, 0.3) is 0 Å². The minimum absolute atomic E-state index is 0. The van der Waals surface area contributed by atoms with Crippen LogP contribution in [0.4, 0.5) is 0 Å². The number of morpholine rings is 1. The van der Waals surface area contributed by atoms with Crippen LogP contribution in [-0.2, 0) is 23.7 Å². The number of rotatable bonds is 7. The van der Waals surface area contributed by atoms with E-state index in [4.69, 9.17) is 23.7 Å². The summed E-state index contributed by atoms with van der Waals surface area (Å²) in [5.74, 6) is 1.88. The molecule has 8 rings (SSSR count). The highest BCUT2D eigenvalue weighted by atomic mass is 16.7. The molecule has 8 nitrogen and oxygen atoms in total. The van der Waals surface area contributed by atoms with E-state index in [0.717, 1.165) is 52.2 Å². The van der Waals surface area contributed by atoms with Gasteiger partial charge in [0.1, 0.15) is 6.10 Å². The van der Waals surface area contributed by atoms with Gasteiger partial charge < -0.3 is 33.9 Å². The number of hydrogen-bond donors (Lipinski definition) is 2. The van der Waals surface area contributed by atoms with Gasteiger partial charge >= 0.3 is 0 Å². The number of nitrogens with zero attached hydrogens (tertiary/aromatic N) is 1. The molecule has 6 unspecified atom stereocenters. The second-order valence-corrected chi connectivity index (χ2v) is 18.7. The second-order valence-electron chi connectivity index (χ2n) is 18.7. The van der Waals surface area contributed by atoms with Crippen LogP contribution in [0, 0.1) is 50.7 Å². The standard InChI is InChI=1S/C39H65NO7.CH4/c1-8-44-32(24(3)41)26-19-23(2)31-33(46-26)34(42)37(7)28-10-9-27-35(4,5)29(11-13-38(27)22-39(28,38)15-14-36(31,37)6)47-30-20-40(16-18-45-30)25-12-17-43-21-25;/h23-34,41-42H,8-22H2,1-7H3;1H4/t23-,24?,25?,26?,27+,28?,29?,30+,31+,32-,33?,34+,36-,37-,38-,39+;/m1./s1. The van der Waals surface area contributed by atoms with Gasteiger partial charge in [-0.25, -0.2) is 0 Å². The van der Waals surface area contributed by atoms with E-state index in [9.17, 15) is 10.2 Å². The quantitative estimate of drug-likeness (QED) is 0.337. The van der Waals surface area contributed by atoms with Gasteiger partial charge in [-0.15, -0.1) is 0 Å². The van der Waals surface area contributed by atoms with Crippen LogP contribution in [0.5, 0.6) is 0 Å². The normalized spacial score (nSPS) is 53.7. The molecule has 0 aromatic rings. The number of fused-ring (bicyclic) bond motifs is 4. The zero-order chi connectivity index (χ0) is 33.1. The van der Waals surface area contributed by atoms with E-state index in [-0.39, 0.29) is 54.4 Å². The number of aliphatic hydroxyl groups excluding tert-OH is 2. The van der Waals surface area contributed by atoms with Gasteiger partial charge in [-0.1, -0.05) is 42.0 Å². The van der Waals surface area contributed by atoms with E-state index in [1.54, 1.807) is 0 Å². The Morgan fingerprint density at radius 1 is 0.979 bits per heavy atom. The van der Waals surface area contributed by atoms with Gasteiger partial charge in [0, 0.05) is 37.8 Å². The highest BCUT2D eigenvalue weighted by molar-refractivity contribution is 5.33. The first-order valence-corrected chi connectivity index (χ1v) is 19.6. The van der Waals surface area contributed by atoms with E-state index in [0.29, 0.717) is 47.2 Å². The van der Waals surface area contributed by atoms with E-state index in [1.807, 2.05) is 13.8 Å². The molecule has 48 heavy (non-hydrogen) atoms. The first-order valence-electron chi connectivity index (χ1n) is 19.6. The van der Waals surface area contributed by atoms with Gasteiger partial charge in [0.2, 0.25) is 0 Å². The Bertz CT molecular complexity index is 1180. The molecule has 3 saturated heterocycles. The first kappa shape index (κ1) is 36.1. The lowest BCUT2D eigenvalue weighted by molar-refractivity contribution is -0.251. The first-order chi connectivity index (χ1) is 22.3. The van der Waals surface area contributed by atoms with Gasteiger partial charge in [-0.05, 0) is 117 Å². The van der Waals surface area contributed by atoms with Crippen molar-refractivity contribution in [2.45, 2.75) is 163 Å². The number of ether oxygens (including phenoxy) is 5. The number of aliphatic hydroxyl groups is 2. The molecule has 0 amide bonds. The minimum atomic E-state index is -0.603. The molecule has 5 aliphatic carbocycles. The maximum absolute atomic E-state index is 12.5. The summed E-state index contributed by atoms with van der Waals surface area (Å²) < 4.78 is 31.8. The molecule has 3 heterocycles. The van der Waals surface area contributed by atoms with E-state index < -0.39 is 12.2 Å². The van der Waals surface area contributed by atoms with Crippen molar-refractivity contribution >= 4 is 0 Å². The molecule has 0 radical (unpaired) electrons. The molecule has 8 fully saturated rings. The molecular weight excluding hydrogens is 606 g/mol. The SMILES string of the molecule is C.CCO[C@H](C(C)O)C1C[C@@H](C)[C@H]2C(O1)[C@H](O)[C@@]1(C)C3CC[C@H]4C(C)(C)C(O[C@H]5CN(C6CCOC6)CCO5)CC[C@@]45C[C@@]35CC[C@]21C. The predicted molar refractivity (Wildman–Crippen MR) is 185 cm³/mol. The van der Waals surface area contributed by atoms with Gasteiger partial charge in [-0.3, -0.25) is 4.90 Å². The summed E-state index contributed by atoms with van der Waals surface area (Å²) >= 11 is 0. The predicted octanol–water partition coefficient (Wildman–Crippen LogP) is 6.05. The third-order valence-electron chi connectivity index (χ3n) is 16.8. The highest BCUT2D eigenvalue weighted by Crippen LogP contribution is 2.89. The van der Waals surface area contributed by atoms with Gasteiger partial charge in [0.05, 0.1) is 43.7 Å².